The minimum Gasteiger partial charge on any atom is -0.465 e. The number of hydrogen-bond donors (Lipinski definition) is 0. The molecule has 0 aromatic heterocycles. The van der Waals surface area contributed by atoms with Crippen LogP contribution in [0.15, 0.2) is 65.7 Å². The number of benzene rings is 2. The van der Waals surface area contributed by atoms with Gasteiger partial charge >= 0.3 is 5.97 Å². The van der Waals surface area contributed by atoms with Crippen molar-refractivity contribution in [2.24, 2.45) is 0 Å². The van der Waals surface area contributed by atoms with Crippen molar-refractivity contribution in [3.63, 3.8) is 0 Å². The summed E-state index contributed by atoms with van der Waals surface area (Å²) in [5.41, 5.74) is 2.31. The molecule has 0 aliphatic rings. The van der Waals surface area contributed by atoms with Gasteiger partial charge in [0.1, 0.15) is 5.57 Å². The predicted octanol–water partition coefficient (Wildman–Crippen LogP) is 4.21. The second kappa shape index (κ2) is 8.71. The molecule has 0 fully saturated rings. The maximum Gasteiger partial charge on any atom is 0.341 e. The fraction of sp³-hybridized carbons (Fsp3) is 0.143. The van der Waals surface area contributed by atoms with Gasteiger partial charge in [0.2, 0.25) is 0 Å². The second-order valence-electron chi connectivity index (χ2n) is 5.84. The fourth-order valence-electron chi connectivity index (χ4n) is 2.46. The van der Waals surface area contributed by atoms with Gasteiger partial charge in [-0.1, -0.05) is 30.3 Å². The minimum atomic E-state index is -0.765. The quantitative estimate of drug-likeness (QED) is 0.191. The van der Waals surface area contributed by atoms with Crippen LogP contribution in [-0.4, -0.2) is 23.8 Å². The monoisotopic (exact) mass is 365 g/mol. The number of nitro benzene ring substituents is 1. The molecule has 138 valence electrons. The Labute approximate surface area is 156 Å². The van der Waals surface area contributed by atoms with E-state index in [-0.39, 0.29) is 11.3 Å². The van der Waals surface area contributed by atoms with Crippen LogP contribution in [0, 0.1) is 10.1 Å². The average Bonchev–Trinajstić information content (AvgIpc) is 2.70. The lowest BCUT2D eigenvalue weighted by atomic mass is 9.95. The van der Waals surface area contributed by atoms with Gasteiger partial charge in [-0.05, 0) is 48.8 Å². The number of rotatable bonds is 6. The highest BCUT2D eigenvalue weighted by atomic mass is 16.6. The molecule has 0 radical (unpaired) electrons. The van der Waals surface area contributed by atoms with Gasteiger partial charge < -0.3 is 4.74 Å². The van der Waals surface area contributed by atoms with E-state index >= 15 is 0 Å². The Kier molecular flexibility index (Phi) is 6.38. The maximum absolute atomic E-state index is 12.9. The lowest BCUT2D eigenvalue weighted by molar-refractivity contribution is -0.384. The lowest BCUT2D eigenvalue weighted by Crippen LogP contribution is -2.16. The van der Waals surface area contributed by atoms with Gasteiger partial charge in [0, 0.05) is 17.7 Å². The third kappa shape index (κ3) is 4.76. The molecular weight excluding hydrogens is 346 g/mol. The fourth-order valence-corrected chi connectivity index (χ4v) is 2.46. The van der Waals surface area contributed by atoms with Crippen LogP contribution in [0.25, 0.3) is 11.6 Å². The molecule has 0 bridgehead atoms. The van der Waals surface area contributed by atoms with E-state index in [9.17, 15) is 19.7 Å². The van der Waals surface area contributed by atoms with Gasteiger partial charge in [-0.2, -0.15) is 0 Å². The molecule has 2 aromatic carbocycles. The standard InChI is InChI=1S/C21H19NO5/c1-14(17-7-5-4-6-8-17)15(2)20(23)19(21(24)27-3)13-16-9-11-18(12-10-16)22(25)26/h4-13H,1-3H3/b15-14+,19-13-. The number of hydrogen-bond acceptors (Lipinski definition) is 5. The normalized spacial score (nSPS) is 12.2. The molecule has 0 amide bonds. The third-order valence-electron chi connectivity index (χ3n) is 4.17. The van der Waals surface area contributed by atoms with Crippen molar-refractivity contribution >= 4 is 29.1 Å². The Morgan fingerprint density at radius 2 is 1.59 bits per heavy atom. The highest BCUT2D eigenvalue weighted by Gasteiger charge is 2.22. The van der Waals surface area contributed by atoms with Crippen LogP contribution < -0.4 is 0 Å². The SMILES string of the molecule is COC(=O)/C(=C\c1ccc([N+](=O)[O-])cc1)C(=O)/C(C)=C(\C)c1ccccc1. The lowest BCUT2D eigenvalue weighted by Gasteiger charge is -2.10. The van der Waals surface area contributed by atoms with E-state index < -0.39 is 16.7 Å². The molecule has 0 aliphatic carbocycles. The number of nitro groups is 1. The summed E-state index contributed by atoms with van der Waals surface area (Å²) in [4.78, 5) is 35.3. The van der Waals surface area contributed by atoms with Crippen molar-refractivity contribution in [3.8, 4) is 0 Å². The Bertz CT molecular complexity index is 925. The zero-order chi connectivity index (χ0) is 20.0. The van der Waals surface area contributed by atoms with Crippen molar-refractivity contribution in [2.45, 2.75) is 13.8 Å². The molecule has 2 aromatic rings. The Balaban J connectivity index is 2.45. The number of esters is 1. The van der Waals surface area contributed by atoms with E-state index in [0.29, 0.717) is 11.1 Å². The largest absolute Gasteiger partial charge is 0.465 e. The summed E-state index contributed by atoms with van der Waals surface area (Å²) in [5.74, 6) is -1.22. The molecule has 6 heteroatoms. The number of carbonyl (C=O) groups excluding carboxylic acids is 2. The van der Waals surface area contributed by atoms with E-state index in [1.54, 1.807) is 6.92 Å². The molecule has 0 saturated carbocycles. The Morgan fingerprint density at radius 3 is 2.11 bits per heavy atom. The number of ether oxygens (including phenoxy) is 1. The maximum atomic E-state index is 12.9. The van der Waals surface area contributed by atoms with Gasteiger partial charge in [-0.25, -0.2) is 4.79 Å². The summed E-state index contributed by atoms with van der Waals surface area (Å²) in [6, 6.07) is 14.9. The molecular formula is C21H19NO5. The first-order chi connectivity index (χ1) is 12.8. The number of allylic oxidation sites excluding steroid dienone is 2. The molecule has 0 aliphatic heterocycles. The van der Waals surface area contributed by atoms with E-state index in [1.165, 1.54) is 37.5 Å². The van der Waals surface area contributed by atoms with E-state index in [2.05, 4.69) is 0 Å². The van der Waals surface area contributed by atoms with Gasteiger partial charge in [0.25, 0.3) is 5.69 Å². The first-order valence-corrected chi connectivity index (χ1v) is 8.17. The van der Waals surface area contributed by atoms with Gasteiger partial charge in [-0.3, -0.25) is 14.9 Å². The summed E-state index contributed by atoms with van der Waals surface area (Å²) < 4.78 is 4.74. The summed E-state index contributed by atoms with van der Waals surface area (Å²) in [7, 11) is 1.20. The average molecular weight is 365 g/mol. The van der Waals surface area contributed by atoms with E-state index in [0.717, 1.165) is 11.1 Å². The number of non-ortho nitro benzene ring substituents is 1. The van der Waals surface area contributed by atoms with E-state index in [4.69, 9.17) is 4.74 Å². The highest BCUT2D eigenvalue weighted by Crippen LogP contribution is 2.22. The number of nitrogens with zero attached hydrogens (tertiary/aromatic N) is 1. The Morgan fingerprint density at radius 1 is 1.00 bits per heavy atom. The molecule has 0 saturated heterocycles. The molecule has 0 spiro atoms. The molecule has 27 heavy (non-hydrogen) atoms. The minimum absolute atomic E-state index is 0.0749. The number of ketones is 1. The van der Waals surface area contributed by atoms with Crippen LogP contribution in [-0.2, 0) is 14.3 Å². The van der Waals surface area contributed by atoms with Gasteiger partial charge in [0.15, 0.2) is 5.78 Å². The number of methoxy groups -OCH3 is 1. The molecule has 0 unspecified atom stereocenters. The highest BCUT2D eigenvalue weighted by molar-refractivity contribution is 6.28. The molecule has 0 N–H and O–H groups in total. The van der Waals surface area contributed by atoms with Gasteiger partial charge in [0.05, 0.1) is 12.0 Å². The predicted molar refractivity (Wildman–Crippen MR) is 103 cm³/mol. The second-order valence-corrected chi connectivity index (χ2v) is 5.84. The summed E-state index contributed by atoms with van der Waals surface area (Å²) in [6.45, 7) is 3.46. The van der Waals surface area contributed by atoms with Crippen LogP contribution in [0.2, 0.25) is 0 Å². The molecule has 0 atom stereocenters. The first-order valence-electron chi connectivity index (χ1n) is 8.17. The molecule has 2 rings (SSSR count). The van der Waals surface area contributed by atoms with Gasteiger partial charge in [-0.15, -0.1) is 0 Å². The topological polar surface area (TPSA) is 86.5 Å². The smallest absolute Gasteiger partial charge is 0.341 e. The Hall–Kier alpha value is -3.54. The van der Waals surface area contributed by atoms with Crippen LogP contribution in [0.1, 0.15) is 25.0 Å². The summed E-state index contributed by atoms with van der Waals surface area (Å²) >= 11 is 0. The zero-order valence-corrected chi connectivity index (χ0v) is 15.3. The van der Waals surface area contributed by atoms with Crippen molar-refractivity contribution < 1.29 is 19.2 Å². The zero-order valence-electron chi connectivity index (χ0n) is 15.3. The number of carbonyl (C=O) groups is 2. The third-order valence-corrected chi connectivity index (χ3v) is 4.17. The van der Waals surface area contributed by atoms with E-state index in [1.807, 2.05) is 37.3 Å². The summed E-state index contributed by atoms with van der Waals surface area (Å²) in [6.07, 6.45) is 1.37. The van der Waals surface area contributed by atoms with Crippen molar-refractivity contribution in [3.05, 3.63) is 87.0 Å². The van der Waals surface area contributed by atoms with Crippen LogP contribution in [0.4, 0.5) is 5.69 Å². The van der Waals surface area contributed by atoms with Crippen molar-refractivity contribution in [2.75, 3.05) is 7.11 Å². The van der Waals surface area contributed by atoms with Crippen LogP contribution in [0.3, 0.4) is 0 Å². The summed E-state index contributed by atoms with van der Waals surface area (Å²) in [5, 5.41) is 10.8. The van der Waals surface area contributed by atoms with Crippen molar-refractivity contribution in [1.82, 2.24) is 0 Å². The van der Waals surface area contributed by atoms with Crippen LogP contribution in [0.5, 0.6) is 0 Å². The molecule has 0 heterocycles. The van der Waals surface area contributed by atoms with Crippen LogP contribution >= 0.6 is 0 Å². The van der Waals surface area contributed by atoms with Crippen molar-refractivity contribution in [1.29, 1.82) is 0 Å². The molecule has 6 nitrogen and oxygen atoms in total. The number of Topliss-reactive ketones (excluding diaryl/α,β-unsaturated/α-hetero) is 1. The first kappa shape index (κ1) is 19.8.